The Morgan fingerprint density at radius 3 is 1.74 bits per heavy atom. The fraction of sp³-hybridized carbons (Fsp3) is 0.467. The lowest BCUT2D eigenvalue weighted by molar-refractivity contribution is -0.158. The van der Waals surface area contributed by atoms with Crippen molar-refractivity contribution in [3.8, 4) is 5.75 Å². The number of primary amides is 1. The summed E-state index contributed by atoms with van der Waals surface area (Å²) in [7, 11) is 3.61. The number of fused-ring (bicyclic) bond motifs is 2. The Bertz CT molecular complexity index is 5160. The maximum Gasteiger partial charge on any atom is 0.305 e. The number of nitrogens with two attached hydrogens (primary N) is 2. The van der Waals surface area contributed by atoms with Gasteiger partial charge in [-0.25, -0.2) is 13.2 Å². The molecule has 3 heterocycles. The number of thioether (sulfide) groups is 1. The lowest BCUT2D eigenvalue weighted by atomic mass is 9.98. The molecule has 8 rings (SSSR count). The first kappa shape index (κ1) is 107. The van der Waals surface area contributed by atoms with Gasteiger partial charge in [0.1, 0.15) is 78.3 Å². The van der Waals surface area contributed by atoms with Crippen molar-refractivity contribution in [1.82, 2.24) is 77.8 Å². The number of benzene rings is 5. The Morgan fingerprint density at radius 2 is 1.12 bits per heavy atom. The number of carboxylic acids is 2. The molecule has 15 amide bonds. The standard InChI is InChI=1S/C92H118F3N17O22S/c1-7-8-25-70-91(132)112-35-36-134-48-73(112)88(129)106-67(44-78(120)121)86(127)108-80(51(2)3)92(133)110(5)71(41-52-18-11-9-12-19-52)87(128)104-64(31-33-77(118)119)81(122)99-46-58(114)30-32-75(116)101-66(43-56-45-98-62-23-16-15-22-59(56)62)85(126)105-65(39-54-26-28-57(113)29-27-54)84(125)103-63(24-17-34-96)83(124)107-69(82(123)100-47-74(97)115)49-135-50-76(117)102-68(40-55-37-60(93)79(95)61(94)38-55)89(130)111(6)72(90(131)109(70)4)42-53-20-13-10-14-21-53/h9-16,18-23,26-29,37-38,45,51,58,63-73,80,98,113-114H,7-8,17,24-25,30-36,39-44,46-50,96H2,1-6H3,(H2,97,115)(H,99,122)(H,100,123)(H,101,116)(H,102,117)(H,103,125)(H,104,128)(H,105,126)(H,106,129)(H,107,124)(H,108,127)(H,118,119)(H,120,121)/t58-,63-,64-,65-,66-,67-,68-,69-,70-,71-,72-,73+,80-/m0/s1. The number of likely N-dealkylation sites (N-methyl/N-ethyl adjacent to an activating group) is 3. The summed E-state index contributed by atoms with van der Waals surface area (Å²) >= 11 is 0.641. The van der Waals surface area contributed by atoms with Crippen LogP contribution in [0, 0.1) is 23.4 Å². The number of H-pyrrole nitrogens is 1. The summed E-state index contributed by atoms with van der Waals surface area (Å²) in [5.41, 5.74) is 13.3. The number of carbonyl (C=O) groups excluding carboxylic acids is 15. The zero-order valence-electron chi connectivity index (χ0n) is 75.6. The van der Waals surface area contributed by atoms with E-state index in [9.17, 15) is 77.6 Å². The largest absolute Gasteiger partial charge is 0.508 e. The molecule has 6 aromatic rings. The van der Waals surface area contributed by atoms with Crippen LogP contribution in [0.25, 0.3) is 10.9 Å². The van der Waals surface area contributed by atoms with Crippen molar-refractivity contribution in [3.63, 3.8) is 0 Å². The third-order valence-electron chi connectivity index (χ3n) is 22.9. The smallest absolute Gasteiger partial charge is 0.305 e. The minimum atomic E-state index is -2.03. The van der Waals surface area contributed by atoms with Crippen molar-refractivity contribution < 1.29 is 120 Å². The number of phenols is 1. The van der Waals surface area contributed by atoms with Gasteiger partial charge in [-0.15, -0.1) is 11.8 Å². The van der Waals surface area contributed by atoms with Crippen LogP contribution in [0.5, 0.6) is 5.75 Å². The zero-order valence-corrected chi connectivity index (χ0v) is 76.4. The number of rotatable bonds is 25. The number of aliphatic hydroxyl groups excluding tert-OH is 1. The average molecular weight is 1900 g/mol. The van der Waals surface area contributed by atoms with Gasteiger partial charge in [-0.1, -0.05) is 125 Å². The average Bonchev–Trinajstić information content (AvgIpc) is 1.63. The summed E-state index contributed by atoms with van der Waals surface area (Å²) in [6.45, 7) is 2.17. The number of aliphatic carboxylic acids is 2. The van der Waals surface area contributed by atoms with Crippen molar-refractivity contribution in [2.45, 2.75) is 196 Å². The molecule has 2 aliphatic rings. The highest BCUT2D eigenvalue weighted by Gasteiger charge is 2.45. The summed E-state index contributed by atoms with van der Waals surface area (Å²) in [6, 6.07) is 9.54. The number of amides is 15. The third-order valence-corrected chi connectivity index (χ3v) is 24.0. The monoisotopic (exact) mass is 1900 g/mol. The predicted octanol–water partition coefficient (Wildman–Crippen LogP) is -0.0789. The van der Waals surface area contributed by atoms with Crippen molar-refractivity contribution in [1.29, 1.82) is 0 Å². The van der Waals surface area contributed by atoms with Crippen molar-refractivity contribution in [3.05, 3.63) is 173 Å². The van der Waals surface area contributed by atoms with Crippen LogP contribution >= 0.6 is 11.8 Å². The fourth-order valence-corrected chi connectivity index (χ4v) is 16.2. The number of para-hydroxylation sites is 1. The molecule has 135 heavy (non-hydrogen) atoms. The third kappa shape index (κ3) is 32.1. The minimum absolute atomic E-state index is 0.0211. The number of phenolic OH excluding ortho intramolecular Hbond substituents is 1. The normalized spacial score (nSPS) is 23.2. The van der Waals surface area contributed by atoms with Gasteiger partial charge in [0.05, 0.1) is 38.0 Å². The van der Waals surface area contributed by atoms with Gasteiger partial charge in [-0.2, -0.15) is 0 Å². The number of hydrogen-bond acceptors (Lipinski definition) is 22. The molecule has 2 fully saturated rings. The van der Waals surface area contributed by atoms with Crippen LogP contribution in [0.3, 0.4) is 0 Å². The van der Waals surface area contributed by atoms with E-state index in [1.54, 1.807) is 98.0 Å². The van der Waals surface area contributed by atoms with Crippen molar-refractivity contribution in [2.75, 3.05) is 72.0 Å². The Morgan fingerprint density at radius 1 is 0.563 bits per heavy atom. The number of aromatic hydroxyl groups is 1. The van der Waals surface area contributed by atoms with Crippen LogP contribution in [-0.4, -0.2) is 296 Å². The maximum absolute atomic E-state index is 15.7. The second kappa shape index (κ2) is 52.2. The molecule has 0 bridgehead atoms. The lowest BCUT2D eigenvalue weighted by Crippen LogP contribution is -2.64. The number of ether oxygens (including phenoxy) is 1. The van der Waals surface area contributed by atoms with E-state index in [0.717, 1.165) is 26.6 Å². The zero-order chi connectivity index (χ0) is 98.9. The van der Waals surface area contributed by atoms with Crippen LogP contribution in [-0.2, 0) is 118 Å². The first-order valence-electron chi connectivity index (χ1n) is 44.1. The minimum Gasteiger partial charge on any atom is -0.508 e. The number of morpholine rings is 1. The molecule has 39 nitrogen and oxygen atoms in total. The van der Waals surface area contributed by atoms with Gasteiger partial charge in [0, 0.05) is 102 Å². The van der Waals surface area contributed by atoms with Crippen LogP contribution < -0.4 is 64.6 Å². The predicted molar refractivity (Wildman–Crippen MR) is 485 cm³/mol. The Kier molecular flexibility index (Phi) is 41.3. The van der Waals surface area contributed by atoms with E-state index < -0.39 is 272 Å². The number of aromatic amines is 1. The highest BCUT2D eigenvalue weighted by atomic mass is 32.2. The molecule has 0 aliphatic carbocycles. The molecule has 5 aromatic carbocycles. The second-order valence-corrected chi connectivity index (χ2v) is 34.5. The number of carbonyl (C=O) groups is 17. The van der Waals surface area contributed by atoms with Gasteiger partial charge in [0.15, 0.2) is 17.5 Å². The molecule has 0 spiro atoms. The van der Waals surface area contributed by atoms with E-state index in [1.165, 1.54) is 52.2 Å². The number of carboxylic acid groups (broad SMARTS) is 2. The second-order valence-electron chi connectivity index (χ2n) is 33.4. The number of halogens is 3. The van der Waals surface area contributed by atoms with Gasteiger partial charge in [-0.05, 0) is 103 Å². The Labute approximate surface area is 780 Å². The topological polar surface area (TPSA) is 581 Å². The van der Waals surface area contributed by atoms with Gasteiger partial charge in [0.2, 0.25) is 88.6 Å². The molecule has 2 saturated heterocycles. The van der Waals surface area contributed by atoms with Crippen LogP contribution in [0.15, 0.2) is 128 Å². The molecule has 13 atom stereocenters. The molecular formula is C92H118F3N17O22S. The number of unbranched alkanes of at least 4 members (excludes halogenated alkanes) is 1. The van der Waals surface area contributed by atoms with Crippen LogP contribution in [0.1, 0.15) is 113 Å². The van der Waals surface area contributed by atoms with E-state index in [2.05, 4.69) is 58.2 Å². The molecule has 43 heteroatoms. The fourth-order valence-electron chi connectivity index (χ4n) is 15.4. The molecule has 0 radical (unpaired) electrons. The molecule has 19 N–H and O–H groups in total. The number of aliphatic hydroxyl groups is 1. The van der Waals surface area contributed by atoms with Crippen LogP contribution in [0.2, 0.25) is 0 Å². The summed E-state index contributed by atoms with van der Waals surface area (Å²) in [4.78, 5) is 253. The van der Waals surface area contributed by atoms with Gasteiger partial charge >= 0.3 is 11.9 Å². The molecular weight excluding hydrogens is 1780 g/mol. The Balaban J connectivity index is 1.20. The van der Waals surface area contributed by atoms with Gasteiger partial charge in [0.25, 0.3) is 0 Å². The molecule has 0 saturated carbocycles. The number of hydrogen-bond donors (Lipinski definition) is 17. The highest BCUT2D eigenvalue weighted by Crippen LogP contribution is 2.26. The number of nitrogens with zero attached hydrogens (tertiary/aromatic N) is 4. The maximum atomic E-state index is 15.7. The molecule has 2 aliphatic heterocycles. The van der Waals surface area contributed by atoms with E-state index in [0.29, 0.717) is 63.5 Å². The van der Waals surface area contributed by atoms with Crippen LogP contribution in [0.4, 0.5) is 13.2 Å². The first-order valence-corrected chi connectivity index (χ1v) is 45.3. The Hall–Kier alpha value is -13.6. The summed E-state index contributed by atoms with van der Waals surface area (Å²) in [5, 5.41) is 67.9. The SMILES string of the molecule is CCCC[C@H]1C(=O)N2CCOC[C@@H]2C(=O)N[C@@H](CC(=O)O)C(=O)N[C@@H](C(C)C)C(=O)N(C)[C@@H](Cc2ccccc2)C(=O)N[C@@H](CCC(=O)O)C(=O)NC[C@@H](O)CCC(=O)N[C@@H](Cc2c[nH]c3ccccc23)C(=O)N[C@@H](Cc2ccc(O)cc2)C(=O)N[C@@H](CCCN)C(=O)N[C@H](C(=O)NCC(N)=O)CSCC(=O)N[C@@H](Cc2cc(F)c(F)c(F)c2)C(=O)N(C)[C@@H](Cc2ccccc2)C(=O)N1C. The number of β-amino-alcohol motifs (C(OH)–C–C–N with tert-alkyl or cyclic N) is 1. The first-order chi connectivity index (χ1) is 64.2. The van der Waals surface area contributed by atoms with Crippen molar-refractivity contribution >= 4 is 123 Å². The van der Waals surface area contributed by atoms with E-state index in [4.69, 9.17) is 16.2 Å². The van der Waals surface area contributed by atoms with Crippen molar-refractivity contribution in [2.24, 2.45) is 17.4 Å². The highest BCUT2D eigenvalue weighted by molar-refractivity contribution is 8.00. The summed E-state index contributed by atoms with van der Waals surface area (Å²) < 4.78 is 50.8. The number of nitrogens with one attached hydrogen (secondary N) is 11. The van der Waals surface area contributed by atoms with E-state index in [1.807, 2.05) is 0 Å². The molecule has 0 unspecified atom stereocenters. The quantitative estimate of drug-likeness (QED) is 0.0333. The molecule has 730 valence electrons. The lowest BCUT2D eigenvalue weighted by Gasteiger charge is -2.40. The summed E-state index contributed by atoms with van der Waals surface area (Å²) in [5.74, 6) is -26.1. The van der Waals surface area contributed by atoms with E-state index >= 15 is 37.5 Å². The van der Waals surface area contributed by atoms with Gasteiger partial charge < -0.3 is 114 Å². The molecule has 1 aromatic heterocycles. The van der Waals surface area contributed by atoms with Gasteiger partial charge in [-0.3, -0.25) is 81.5 Å². The number of aromatic nitrogens is 1. The van der Waals surface area contributed by atoms with E-state index in [-0.39, 0.29) is 82.4 Å². The summed E-state index contributed by atoms with van der Waals surface area (Å²) in [6.07, 6.45) is -5.09.